The molecule has 1 aliphatic rings. The van der Waals surface area contributed by atoms with Gasteiger partial charge in [-0.05, 0) is 47.2 Å². The minimum Gasteiger partial charge on any atom is -0.350 e. The van der Waals surface area contributed by atoms with Gasteiger partial charge in [-0.2, -0.15) is 0 Å². The predicted molar refractivity (Wildman–Crippen MR) is 115 cm³/mol. The number of rotatable bonds is 5. The summed E-state index contributed by atoms with van der Waals surface area (Å²) in [6.07, 6.45) is 0.776. The maximum Gasteiger partial charge on any atom is 0.251 e. The van der Waals surface area contributed by atoms with Gasteiger partial charge < -0.3 is 16.0 Å². The Morgan fingerprint density at radius 2 is 1.75 bits per heavy atom. The van der Waals surface area contributed by atoms with Crippen molar-refractivity contribution in [1.29, 1.82) is 0 Å². The summed E-state index contributed by atoms with van der Waals surface area (Å²) >= 11 is 0. The van der Waals surface area contributed by atoms with Gasteiger partial charge in [0.05, 0.1) is 0 Å². The zero-order chi connectivity index (χ0) is 19.6. The summed E-state index contributed by atoms with van der Waals surface area (Å²) in [5, 5.41) is 2.92. The molecular formula is C22H28ClN3O2. The fraction of sp³-hybridized carbons (Fsp3) is 0.364. The number of nitrogens with two attached hydrogens (primary N) is 1. The molecule has 0 saturated carbocycles. The first kappa shape index (κ1) is 21.9. The highest BCUT2D eigenvalue weighted by Crippen LogP contribution is 2.29. The number of halogens is 1. The van der Waals surface area contributed by atoms with Crippen molar-refractivity contribution in [3.8, 4) is 0 Å². The van der Waals surface area contributed by atoms with Crippen LogP contribution in [0.3, 0.4) is 0 Å². The van der Waals surface area contributed by atoms with Crippen molar-refractivity contribution >= 4 is 29.9 Å². The average Bonchev–Trinajstić information content (AvgIpc) is 3.09. The van der Waals surface area contributed by atoms with Gasteiger partial charge in [0.2, 0.25) is 5.91 Å². The van der Waals surface area contributed by atoms with Crippen molar-refractivity contribution in [3.63, 3.8) is 0 Å². The third kappa shape index (κ3) is 4.72. The fourth-order valence-electron chi connectivity index (χ4n) is 3.42. The van der Waals surface area contributed by atoms with Gasteiger partial charge in [0.1, 0.15) is 0 Å². The first-order chi connectivity index (χ1) is 12.9. The number of carbonyl (C=O) groups excluding carboxylic acids is 2. The van der Waals surface area contributed by atoms with Crippen molar-refractivity contribution in [1.82, 2.24) is 5.32 Å². The van der Waals surface area contributed by atoms with E-state index in [9.17, 15) is 9.59 Å². The minimum atomic E-state index is -0.252. The maximum absolute atomic E-state index is 12.5. The highest BCUT2D eigenvalue weighted by molar-refractivity contribution is 5.97. The molecule has 6 heteroatoms. The van der Waals surface area contributed by atoms with Crippen LogP contribution in [0.4, 0.5) is 5.69 Å². The molecule has 150 valence electrons. The third-order valence-corrected chi connectivity index (χ3v) is 5.13. The van der Waals surface area contributed by atoms with Gasteiger partial charge in [-0.1, -0.05) is 38.1 Å². The number of anilines is 1. The molecule has 0 spiro atoms. The first-order valence-corrected chi connectivity index (χ1v) is 9.41. The Morgan fingerprint density at radius 1 is 1.11 bits per heavy atom. The molecule has 5 nitrogen and oxygen atoms in total. The van der Waals surface area contributed by atoms with E-state index in [4.69, 9.17) is 5.73 Å². The molecule has 3 rings (SSSR count). The lowest BCUT2D eigenvalue weighted by Gasteiger charge is -2.16. The highest BCUT2D eigenvalue weighted by Gasteiger charge is 2.23. The third-order valence-electron chi connectivity index (χ3n) is 5.13. The van der Waals surface area contributed by atoms with E-state index in [1.807, 2.05) is 24.3 Å². The zero-order valence-electron chi connectivity index (χ0n) is 16.6. The molecule has 1 aliphatic heterocycles. The Bertz CT molecular complexity index is 849. The monoisotopic (exact) mass is 401 g/mol. The SMILES string of the molecule is CC(=O)N1CCc2cc(C(=O)NCC(N)c3ccc(C(C)C)cc3)ccc21.Cl. The summed E-state index contributed by atoms with van der Waals surface area (Å²) in [5.41, 5.74) is 11.0. The molecule has 0 fully saturated rings. The molecular weight excluding hydrogens is 374 g/mol. The van der Waals surface area contributed by atoms with E-state index < -0.39 is 0 Å². The molecule has 1 atom stereocenters. The maximum atomic E-state index is 12.5. The van der Waals surface area contributed by atoms with Gasteiger partial charge >= 0.3 is 0 Å². The van der Waals surface area contributed by atoms with Gasteiger partial charge in [0.15, 0.2) is 0 Å². The van der Waals surface area contributed by atoms with Crippen LogP contribution in [-0.4, -0.2) is 24.9 Å². The van der Waals surface area contributed by atoms with Crippen LogP contribution in [-0.2, 0) is 11.2 Å². The summed E-state index contributed by atoms with van der Waals surface area (Å²) in [6, 6.07) is 13.5. The Labute approximate surface area is 172 Å². The zero-order valence-corrected chi connectivity index (χ0v) is 17.4. The van der Waals surface area contributed by atoms with E-state index in [2.05, 4.69) is 31.3 Å². The molecule has 2 amide bonds. The van der Waals surface area contributed by atoms with Gasteiger partial charge in [0, 0.05) is 37.3 Å². The molecule has 0 radical (unpaired) electrons. The summed E-state index contributed by atoms with van der Waals surface area (Å²) in [6.45, 7) is 6.91. The number of hydrogen-bond acceptors (Lipinski definition) is 3. The number of carbonyl (C=O) groups is 2. The molecule has 2 aromatic rings. The molecule has 0 bridgehead atoms. The Hall–Kier alpha value is -2.37. The Morgan fingerprint density at radius 3 is 2.36 bits per heavy atom. The lowest BCUT2D eigenvalue weighted by molar-refractivity contribution is -0.116. The van der Waals surface area contributed by atoms with E-state index in [1.54, 1.807) is 17.9 Å². The van der Waals surface area contributed by atoms with E-state index in [0.29, 0.717) is 24.6 Å². The smallest absolute Gasteiger partial charge is 0.251 e. The summed E-state index contributed by atoms with van der Waals surface area (Å²) in [7, 11) is 0. The van der Waals surface area contributed by atoms with Crippen LogP contribution in [0.2, 0.25) is 0 Å². The van der Waals surface area contributed by atoms with Crippen LogP contribution >= 0.6 is 12.4 Å². The van der Waals surface area contributed by atoms with Crippen LogP contribution < -0.4 is 16.0 Å². The Kier molecular flexibility index (Phi) is 7.22. The van der Waals surface area contributed by atoms with Crippen molar-refractivity contribution in [2.75, 3.05) is 18.0 Å². The van der Waals surface area contributed by atoms with Crippen LogP contribution in [0.5, 0.6) is 0 Å². The normalized spacial score (nSPS) is 13.7. The van der Waals surface area contributed by atoms with Crippen molar-refractivity contribution < 1.29 is 9.59 Å². The van der Waals surface area contributed by atoms with Gasteiger partial charge in [0.25, 0.3) is 5.91 Å². The van der Waals surface area contributed by atoms with Crippen LogP contribution in [0, 0.1) is 0 Å². The second-order valence-corrected chi connectivity index (χ2v) is 7.40. The van der Waals surface area contributed by atoms with E-state index >= 15 is 0 Å². The second kappa shape index (κ2) is 9.22. The molecule has 28 heavy (non-hydrogen) atoms. The predicted octanol–water partition coefficient (Wildman–Crippen LogP) is 3.57. The molecule has 3 N–H and O–H groups in total. The average molecular weight is 402 g/mol. The molecule has 0 aliphatic carbocycles. The topological polar surface area (TPSA) is 75.4 Å². The highest BCUT2D eigenvalue weighted by atomic mass is 35.5. The first-order valence-electron chi connectivity index (χ1n) is 9.41. The van der Waals surface area contributed by atoms with E-state index in [0.717, 1.165) is 23.2 Å². The molecule has 2 aromatic carbocycles. The van der Waals surface area contributed by atoms with Crippen LogP contribution in [0.15, 0.2) is 42.5 Å². The van der Waals surface area contributed by atoms with Crippen LogP contribution in [0.25, 0.3) is 0 Å². The summed E-state index contributed by atoms with van der Waals surface area (Å²) in [4.78, 5) is 25.9. The molecule has 1 heterocycles. The number of amides is 2. The Balaban J connectivity index is 0.00000280. The van der Waals surface area contributed by atoms with Crippen LogP contribution in [0.1, 0.15) is 59.8 Å². The number of benzene rings is 2. The standard InChI is InChI=1S/C22H27N3O2.ClH/c1-14(2)16-4-6-17(7-5-16)20(23)13-24-22(27)19-8-9-21-18(12-19)10-11-25(21)15(3)26;/h4-9,12,14,20H,10-11,13,23H2,1-3H3,(H,24,27);1H. The number of fused-ring (bicyclic) bond motifs is 1. The lowest BCUT2D eigenvalue weighted by Crippen LogP contribution is -2.32. The molecule has 0 aromatic heterocycles. The van der Waals surface area contributed by atoms with Crippen molar-refractivity contribution in [3.05, 3.63) is 64.7 Å². The molecule has 0 saturated heterocycles. The quantitative estimate of drug-likeness (QED) is 0.804. The fourth-order valence-corrected chi connectivity index (χ4v) is 3.42. The van der Waals surface area contributed by atoms with Gasteiger partial charge in [-0.3, -0.25) is 9.59 Å². The van der Waals surface area contributed by atoms with Crippen molar-refractivity contribution in [2.45, 2.75) is 39.2 Å². The largest absolute Gasteiger partial charge is 0.350 e. The van der Waals surface area contributed by atoms with E-state index in [1.165, 1.54) is 5.56 Å². The second-order valence-electron chi connectivity index (χ2n) is 7.40. The number of nitrogens with zero attached hydrogens (tertiary/aromatic N) is 1. The summed E-state index contributed by atoms with van der Waals surface area (Å²) < 4.78 is 0. The number of nitrogens with one attached hydrogen (secondary N) is 1. The minimum absolute atomic E-state index is 0. The van der Waals surface area contributed by atoms with E-state index in [-0.39, 0.29) is 30.3 Å². The lowest BCUT2D eigenvalue weighted by atomic mass is 9.99. The number of hydrogen-bond donors (Lipinski definition) is 2. The van der Waals surface area contributed by atoms with Gasteiger partial charge in [-0.15, -0.1) is 12.4 Å². The summed E-state index contributed by atoms with van der Waals surface area (Å²) in [5.74, 6) is 0.363. The van der Waals surface area contributed by atoms with Gasteiger partial charge in [-0.25, -0.2) is 0 Å². The molecule has 1 unspecified atom stereocenters. The van der Waals surface area contributed by atoms with Crippen molar-refractivity contribution in [2.24, 2.45) is 5.73 Å².